The number of allylic oxidation sites excluding steroid dienone is 1. The van der Waals surface area contributed by atoms with Crippen LogP contribution in [0, 0.1) is 10.1 Å². The maximum absolute atomic E-state index is 13.9. The molecule has 0 fully saturated rings. The van der Waals surface area contributed by atoms with Gasteiger partial charge in [-0.2, -0.15) is 0 Å². The summed E-state index contributed by atoms with van der Waals surface area (Å²) in [7, 11) is 1.53. The molecule has 3 aromatic rings. The SMILES string of the molecule is CCCCCOc1ccc(C2C(C(=O)OC(C)C)=C(C)N=c3sc(=Cc4ccccc4[N+](=O)[O-])c(=O)n32)cc1OC. The lowest BCUT2D eigenvalue weighted by Gasteiger charge is -2.26. The van der Waals surface area contributed by atoms with Crippen LogP contribution in [0.15, 0.2) is 63.5 Å². The summed E-state index contributed by atoms with van der Waals surface area (Å²) in [4.78, 5) is 43.3. The van der Waals surface area contributed by atoms with Crippen LogP contribution in [-0.2, 0) is 9.53 Å². The van der Waals surface area contributed by atoms with Crippen molar-refractivity contribution in [1.29, 1.82) is 0 Å². The summed E-state index contributed by atoms with van der Waals surface area (Å²) < 4.78 is 18.8. The molecule has 0 spiro atoms. The third kappa shape index (κ3) is 6.40. The second-order valence-electron chi connectivity index (χ2n) is 9.82. The number of fused-ring (bicyclic) bond motifs is 1. The van der Waals surface area contributed by atoms with Gasteiger partial charge in [-0.25, -0.2) is 9.79 Å². The Labute approximate surface area is 241 Å². The van der Waals surface area contributed by atoms with Crippen LogP contribution < -0.4 is 24.4 Å². The number of carbonyl (C=O) groups is 1. The number of aromatic nitrogens is 1. The molecule has 0 aliphatic carbocycles. The topological polar surface area (TPSA) is 122 Å². The normalized spacial score (nSPS) is 15.0. The largest absolute Gasteiger partial charge is 0.493 e. The molecule has 1 aliphatic heterocycles. The predicted octanol–water partition coefficient (Wildman–Crippen LogP) is 4.67. The number of nitrogens with zero attached hydrogens (tertiary/aromatic N) is 3. The number of nitro groups is 1. The van der Waals surface area contributed by atoms with Gasteiger partial charge in [-0.15, -0.1) is 0 Å². The van der Waals surface area contributed by atoms with Crippen LogP contribution in [0.4, 0.5) is 5.69 Å². The molecule has 216 valence electrons. The third-order valence-corrected chi connectivity index (χ3v) is 7.50. The van der Waals surface area contributed by atoms with E-state index in [9.17, 15) is 19.7 Å². The lowest BCUT2D eigenvalue weighted by atomic mass is 9.95. The van der Waals surface area contributed by atoms with Gasteiger partial charge < -0.3 is 14.2 Å². The standard InChI is InChI=1S/C30H33N3O7S/c1-6-7-10-15-39-23-14-13-21(16-24(23)38-5)27-26(29(35)40-18(2)3)19(4)31-30-32(27)28(34)25(41-30)17-20-11-8-9-12-22(20)33(36)37/h8-9,11-14,16-18,27H,6-7,10,15H2,1-5H3. The number of hydrogen-bond donors (Lipinski definition) is 0. The summed E-state index contributed by atoms with van der Waals surface area (Å²) in [6.45, 7) is 7.85. The number of para-hydroxylation sites is 1. The van der Waals surface area contributed by atoms with Crippen molar-refractivity contribution in [1.82, 2.24) is 4.57 Å². The van der Waals surface area contributed by atoms with Crippen LogP contribution in [0.5, 0.6) is 11.5 Å². The summed E-state index contributed by atoms with van der Waals surface area (Å²) >= 11 is 1.10. The van der Waals surface area contributed by atoms with Gasteiger partial charge in [0, 0.05) is 6.07 Å². The quantitative estimate of drug-likeness (QED) is 0.140. The zero-order valence-corrected chi connectivity index (χ0v) is 24.5. The first-order valence-corrected chi connectivity index (χ1v) is 14.3. The molecule has 0 bridgehead atoms. The first-order valence-electron chi connectivity index (χ1n) is 13.4. The fraction of sp³-hybridized carbons (Fsp3) is 0.367. The lowest BCUT2D eigenvalue weighted by molar-refractivity contribution is -0.385. The first kappa shape index (κ1) is 29.7. The fourth-order valence-electron chi connectivity index (χ4n) is 4.60. The number of carbonyl (C=O) groups excluding carboxylic acids is 1. The Morgan fingerprint density at radius 1 is 1.20 bits per heavy atom. The predicted molar refractivity (Wildman–Crippen MR) is 156 cm³/mol. The van der Waals surface area contributed by atoms with Crippen LogP contribution in [0.2, 0.25) is 0 Å². The van der Waals surface area contributed by atoms with Crippen molar-refractivity contribution >= 4 is 29.1 Å². The molecule has 41 heavy (non-hydrogen) atoms. The highest BCUT2D eigenvalue weighted by Crippen LogP contribution is 2.36. The smallest absolute Gasteiger partial charge is 0.338 e. The van der Waals surface area contributed by atoms with Crippen molar-refractivity contribution in [3.8, 4) is 11.5 Å². The molecule has 0 amide bonds. The molecular weight excluding hydrogens is 546 g/mol. The van der Waals surface area contributed by atoms with E-state index in [0.717, 1.165) is 30.6 Å². The number of methoxy groups -OCH3 is 1. The van der Waals surface area contributed by atoms with Crippen molar-refractivity contribution in [2.24, 2.45) is 4.99 Å². The molecule has 2 heterocycles. The molecule has 11 heteroatoms. The number of rotatable bonds is 11. The maximum Gasteiger partial charge on any atom is 0.338 e. The highest BCUT2D eigenvalue weighted by molar-refractivity contribution is 7.07. The van der Waals surface area contributed by atoms with E-state index in [0.29, 0.717) is 39.7 Å². The summed E-state index contributed by atoms with van der Waals surface area (Å²) in [6, 6.07) is 10.6. The minimum atomic E-state index is -0.867. The van der Waals surface area contributed by atoms with Gasteiger partial charge in [-0.05, 0) is 57.0 Å². The third-order valence-electron chi connectivity index (χ3n) is 6.51. The monoisotopic (exact) mass is 579 g/mol. The minimum Gasteiger partial charge on any atom is -0.493 e. The molecule has 1 unspecified atom stereocenters. The van der Waals surface area contributed by atoms with Crippen LogP contribution >= 0.6 is 11.3 Å². The number of benzene rings is 2. The molecule has 4 rings (SSSR count). The Hall–Kier alpha value is -4.25. The van der Waals surface area contributed by atoms with Crippen molar-refractivity contribution in [2.45, 2.75) is 59.1 Å². The summed E-state index contributed by atoms with van der Waals surface area (Å²) in [5.74, 6) is 0.438. The number of hydrogen-bond acceptors (Lipinski definition) is 9. The molecule has 1 atom stereocenters. The average Bonchev–Trinajstić information content (AvgIpc) is 3.24. The molecular formula is C30H33N3O7S. The van der Waals surface area contributed by atoms with E-state index >= 15 is 0 Å². The van der Waals surface area contributed by atoms with E-state index in [2.05, 4.69) is 11.9 Å². The molecule has 1 aliphatic rings. The molecule has 1 aromatic heterocycles. The Bertz CT molecular complexity index is 1670. The molecule has 0 saturated heterocycles. The molecule has 2 aromatic carbocycles. The second kappa shape index (κ2) is 12.9. The van der Waals surface area contributed by atoms with Gasteiger partial charge in [0.25, 0.3) is 11.2 Å². The van der Waals surface area contributed by atoms with Crippen LogP contribution in [0.25, 0.3) is 6.08 Å². The Balaban J connectivity index is 1.89. The zero-order valence-electron chi connectivity index (χ0n) is 23.7. The van der Waals surface area contributed by atoms with Crippen LogP contribution in [0.1, 0.15) is 64.1 Å². The van der Waals surface area contributed by atoms with E-state index in [1.165, 1.54) is 23.8 Å². The van der Waals surface area contributed by atoms with Crippen LogP contribution in [0.3, 0.4) is 0 Å². The lowest BCUT2D eigenvalue weighted by Crippen LogP contribution is -2.40. The Morgan fingerprint density at radius 3 is 2.63 bits per heavy atom. The molecule has 10 nitrogen and oxygen atoms in total. The number of unbranched alkanes of at least 4 members (excludes halogenated alkanes) is 2. The first-order chi connectivity index (χ1) is 19.7. The Kier molecular flexibility index (Phi) is 9.38. The van der Waals surface area contributed by atoms with E-state index in [1.807, 2.05) is 0 Å². The molecule has 0 radical (unpaired) electrons. The molecule has 0 N–H and O–H groups in total. The molecule has 0 saturated carbocycles. The van der Waals surface area contributed by atoms with E-state index in [-0.39, 0.29) is 21.9 Å². The van der Waals surface area contributed by atoms with Crippen molar-refractivity contribution in [3.05, 3.63) is 94.7 Å². The number of ether oxygens (including phenoxy) is 3. The summed E-state index contributed by atoms with van der Waals surface area (Å²) in [5.41, 5.74) is 0.983. The van der Waals surface area contributed by atoms with Gasteiger partial charge >= 0.3 is 5.97 Å². The average molecular weight is 580 g/mol. The van der Waals surface area contributed by atoms with Crippen LogP contribution in [-0.4, -0.2) is 35.3 Å². The zero-order chi connectivity index (χ0) is 29.7. The van der Waals surface area contributed by atoms with Crippen molar-refractivity contribution in [3.63, 3.8) is 0 Å². The van der Waals surface area contributed by atoms with Crippen molar-refractivity contribution in [2.75, 3.05) is 13.7 Å². The Morgan fingerprint density at radius 2 is 1.95 bits per heavy atom. The van der Waals surface area contributed by atoms with Gasteiger partial charge in [0.15, 0.2) is 16.3 Å². The summed E-state index contributed by atoms with van der Waals surface area (Å²) in [6.07, 6.45) is 4.12. The van der Waals surface area contributed by atoms with Gasteiger partial charge in [0.2, 0.25) is 0 Å². The number of nitro benzene ring substituents is 1. The van der Waals surface area contributed by atoms with Gasteiger partial charge in [-0.1, -0.05) is 49.3 Å². The maximum atomic E-state index is 13.9. The van der Waals surface area contributed by atoms with Gasteiger partial charge in [-0.3, -0.25) is 19.5 Å². The van der Waals surface area contributed by atoms with Gasteiger partial charge in [0.05, 0.1) is 52.2 Å². The van der Waals surface area contributed by atoms with E-state index in [4.69, 9.17) is 14.2 Å². The number of esters is 1. The second-order valence-corrected chi connectivity index (χ2v) is 10.8. The number of thiazole rings is 1. The van der Waals surface area contributed by atoms with E-state index < -0.39 is 22.5 Å². The highest BCUT2D eigenvalue weighted by atomic mass is 32.1. The van der Waals surface area contributed by atoms with E-state index in [1.54, 1.807) is 57.2 Å². The summed E-state index contributed by atoms with van der Waals surface area (Å²) in [5, 5.41) is 11.6. The fourth-order valence-corrected chi connectivity index (χ4v) is 5.64. The van der Waals surface area contributed by atoms with Gasteiger partial charge in [0.1, 0.15) is 0 Å². The van der Waals surface area contributed by atoms with Crippen molar-refractivity contribution < 1.29 is 23.9 Å². The highest BCUT2D eigenvalue weighted by Gasteiger charge is 2.34. The minimum absolute atomic E-state index is 0.119.